The lowest BCUT2D eigenvalue weighted by atomic mass is 9.65. The fourth-order valence-electron chi connectivity index (χ4n) is 7.38. The van der Waals surface area contributed by atoms with Gasteiger partial charge in [0, 0.05) is 18.7 Å². The van der Waals surface area contributed by atoms with E-state index in [4.69, 9.17) is 14.0 Å². The number of Topliss-reactive ketones (excluding diaryl/α,β-unsaturated/α-hetero) is 1. The van der Waals surface area contributed by atoms with Crippen LogP contribution in [0.2, 0.25) is 26.2 Å². The molecule has 51 heavy (non-hydrogen) atoms. The van der Waals surface area contributed by atoms with Crippen molar-refractivity contribution in [1.29, 1.82) is 0 Å². The van der Waals surface area contributed by atoms with Crippen LogP contribution in [0.1, 0.15) is 123 Å². The maximum Gasteiger partial charge on any atom is 0.352 e. The van der Waals surface area contributed by atoms with Crippen LogP contribution in [0.15, 0.2) is 6.07 Å². The molecule has 0 aliphatic carbocycles. The Balaban J connectivity index is 2.76. The third-order valence-corrected chi connectivity index (χ3v) is 17.1. The lowest BCUT2D eigenvalue weighted by Crippen LogP contribution is -2.68. The van der Waals surface area contributed by atoms with Gasteiger partial charge in [-0.1, -0.05) is 88.5 Å². The summed E-state index contributed by atoms with van der Waals surface area (Å²) < 4.78 is 14.6. The fourth-order valence-corrected chi connectivity index (χ4v) is 14.3. The lowest BCUT2D eigenvalue weighted by molar-refractivity contribution is -0.158. The van der Waals surface area contributed by atoms with E-state index in [-0.39, 0.29) is 41.0 Å². The summed E-state index contributed by atoms with van der Waals surface area (Å²) in [6, 6.07) is 1.27. The van der Waals surface area contributed by atoms with Crippen molar-refractivity contribution in [2.24, 2.45) is 22.7 Å². The molecule has 1 unspecified atom stereocenters. The number of likely N-dealkylation sites (tertiary alicyclic amines) is 1. The minimum absolute atomic E-state index is 0.0305. The molecule has 1 saturated heterocycles. The molecular formula is C39H74N3O6PSi2. The van der Waals surface area contributed by atoms with Crippen LogP contribution in [0.5, 0.6) is 0 Å². The van der Waals surface area contributed by atoms with Crippen LogP contribution in [-0.2, 0) is 25.0 Å². The van der Waals surface area contributed by atoms with Gasteiger partial charge in [-0.2, -0.15) is 5.10 Å². The maximum atomic E-state index is 14.7. The molecule has 294 valence electrons. The number of aromatic nitrogens is 2. The van der Waals surface area contributed by atoms with Crippen molar-refractivity contribution >= 4 is 48.0 Å². The monoisotopic (exact) mass is 767 g/mol. The maximum absolute atomic E-state index is 14.7. The van der Waals surface area contributed by atoms with E-state index in [1.807, 2.05) is 17.7 Å². The smallest absolute Gasteiger partial charge is 0.352 e. The molecule has 0 aromatic carbocycles. The van der Waals surface area contributed by atoms with Crippen molar-refractivity contribution in [2.45, 2.75) is 159 Å². The molecule has 2 heterocycles. The number of hydrogen-bond donors (Lipinski definition) is 1. The number of ketones is 1. The Morgan fingerprint density at radius 1 is 0.922 bits per heavy atom. The lowest BCUT2D eigenvalue weighted by Gasteiger charge is -2.54. The van der Waals surface area contributed by atoms with Gasteiger partial charge in [-0.15, -0.1) is 0 Å². The van der Waals surface area contributed by atoms with Gasteiger partial charge in [0.2, 0.25) is 5.91 Å². The van der Waals surface area contributed by atoms with Crippen molar-refractivity contribution in [2.75, 3.05) is 25.1 Å². The number of carboxylic acids is 1. The second kappa shape index (κ2) is 19.7. The summed E-state index contributed by atoms with van der Waals surface area (Å²) in [7, 11) is -2.74. The number of hydrogen-bond acceptors (Lipinski definition) is 6. The molecule has 1 amide bonds. The second-order valence-electron chi connectivity index (χ2n) is 17.7. The highest BCUT2D eigenvalue weighted by atomic mass is 31.2. The Morgan fingerprint density at radius 3 is 1.86 bits per heavy atom. The molecule has 1 aromatic heterocycles. The van der Waals surface area contributed by atoms with Gasteiger partial charge in [-0.05, 0) is 93.7 Å². The first-order valence-corrected chi connectivity index (χ1v) is 27.7. The Hall–Kier alpha value is -1.53. The molecule has 12 heteroatoms. The third-order valence-electron chi connectivity index (χ3n) is 10.5. The van der Waals surface area contributed by atoms with Gasteiger partial charge >= 0.3 is 5.97 Å². The van der Waals surface area contributed by atoms with Crippen LogP contribution in [0.4, 0.5) is 0 Å². The zero-order chi connectivity index (χ0) is 38.9. The number of unbranched alkanes of at least 4 members (excludes halogenated alkanes) is 3. The van der Waals surface area contributed by atoms with E-state index in [0.29, 0.717) is 24.3 Å². The SMILES string of the molecule is CCCCP(CCCC)(CCCC)=C(C(=O)O)N1C(=O)[C@@H]([C@@H](CO[SiH](C)C)C(C)(C)C)[C@H]1CC(=O)c1cc(C)n(CC(O[SiH](C)C)C(C)(C)C)n1. The Bertz CT molecular complexity index is 1330. The minimum Gasteiger partial charge on any atom is -0.477 e. The zero-order valence-corrected chi connectivity index (χ0v) is 38.0. The molecule has 9 nitrogen and oxygen atoms in total. The number of nitrogens with zero attached hydrogens (tertiary/aromatic N) is 3. The van der Waals surface area contributed by atoms with E-state index in [0.717, 1.165) is 62.7 Å². The van der Waals surface area contributed by atoms with Gasteiger partial charge in [0.15, 0.2) is 23.9 Å². The van der Waals surface area contributed by atoms with Crippen LogP contribution < -0.4 is 0 Å². The van der Waals surface area contributed by atoms with Gasteiger partial charge in [0.05, 0.1) is 24.6 Å². The Kier molecular flexibility index (Phi) is 17.6. The molecule has 1 aromatic rings. The molecule has 0 radical (unpaired) electrons. The second-order valence-corrected chi connectivity index (χ2v) is 26.5. The van der Waals surface area contributed by atoms with Crippen molar-refractivity contribution in [1.82, 2.24) is 14.7 Å². The van der Waals surface area contributed by atoms with E-state index in [1.165, 1.54) is 0 Å². The number of rotatable bonds is 22. The standard InChI is InChI=1S/C39H74N3O6PSi2/c1-15-18-21-49(22-19-16-2,23-20-17-3)36(37(45)46)42-31(34(35(42)44)29(38(5,6)7)27-47-50(11)12)25-32(43)30-24-28(4)41(40-30)26-33(39(8,9)10)48-51(13)14/h24,29,31,33-34,50-51H,15-23,25-27H2,1-14H3,(H,45,46)/t29-,31-,33?,34+/m1/s1. The minimum atomic E-state index is -2.24. The fraction of sp³-hybridized carbons (Fsp3) is 0.821. The van der Waals surface area contributed by atoms with Crippen molar-refractivity contribution in [3.05, 3.63) is 17.5 Å². The van der Waals surface area contributed by atoms with Gasteiger partial charge in [0.1, 0.15) is 11.1 Å². The summed E-state index contributed by atoms with van der Waals surface area (Å²) in [4.78, 5) is 44.2. The predicted octanol–water partition coefficient (Wildman–Crippen LogP) is 8.30. The molecule has 1 aliphatic rings. The average molecular weight is 768 g/mol. The molecule has 4 atom stereocenters. The zero-order valence-electron chi connectivity index (χ0n) is 34.8. The third kappa shape index (κ3) is 12.2. The largest absolute Gasteiger partial charge is 0.477 e. The quantitative estimate of drug-likeness (QED) is 0.0547. The summed E-state index contributed by atoms with van der Waals surface area (Å²) in [5.74, 6) is -1.98. The number of carbonyl (C=O) groups excluding carboxylic acids is 2. The number of β-lactam (4-membered cyclic amide) rings is 1. The van der Waals surface area contributed by atoms with Gasteiger partial charge in [-0.3, -0.25) is 14.3 Å². The average Bonchev–Trinajstić information content (AvgIpc) is 3.39. The van der Waals surface area contributed by atoms with E-state index < -0.39 is 42.9 Å². The highest BCUT2D eigenvalue weighted by molar-refractivity contribution is 7.77. The van der Waals surface area contributed by atoms with Gasteiger partial charge in [-0.25, -0.2) is 4.79 Å². The number of amides is 1. The van der Waals surface area contributed by atoms with Crippen LogP contribution in [0.25, 0.3) is 0 Å². The van der Waals surface area contributed by atoms with E-state index in [1.54, 1.807) is 4.90 Å². The Labute approximate surface area is 314 Å². The summed E-state index contributed by atoms with van der Waals surface area (Å²) in [5.41, 5.74) is 1.16. The normalized spacial score (nSPS) is 18.4. The molecule has 1 N–H and O–H groups in total. The number of carbonyl (C=O) groups is 3. The molecule has 2 rings (SSSR count). The van der Waals surface area contributed by atoms with Crippen LogP contribution in [0.3, 0.4) is 0 Å². The van der Waals surface area contributed by atoms with E-state index in [9.17, 15) is 19.5 Å². The topological polar surface area (TPSA) is 111 Å². The molecule has 0 bridgehead atoms. The predicted molar refractivity (Wildman–Crippen MR) is 220 cm³/mol. The molecule has 0 saturated carbocycles. The van der Waals surface area contributed by atoms with E-state index in [2.05, 4.69) is 88.5 Å². The van der Waals surface area contributed by atoms with Crippen LogP contribution in [-0.4, -0.2) is 98.2 Å². The Morgan fingerprint density at radius 2 is 1.45 bits per heavy atom. The van der Waals surface area contributed by atoms with E-state index >= 15 is 0 Å². The summed E-state index contributed by atoms with van der Waals surface area (Å²) in [6.45, 7) is 28.6. The van der Waals surface area contributed by atoms with Crippen LogP contribution in [0, 0.1) is 29.6 Å². The molecule has 0 spiro atoms. The van der Waals surface area contributed by atoms with Crippen molar-refractivity contribution < 1.29 is 28.3 Å². The summed E-state index contributed by atoms with van der Waals surface area (Å²) in [6.07, 6.45) is 8.15. The first kappa shape index (κ1) is 45.6. The number of aliphatic carboxylic acids is 1. The number of aryl methyl sites for hydroxylation is 1. The highest BCUT2D eigenvalue weighted by Crippen LogP contribution is 2.55. The molecular weight excluding hydrogens is 694 g/mol. The van der Waals surface area contributed by atoms with Crippen molar-refractivity contribution in [3.8, 4) is 0 Å². The van der Waals surface area contributed by atoms with Crippen LogP contribution >= 0.6 is 6.89 Å². The van der Waals surface area contributed by atoms with Gasteiger partial charge < -0.3 is 18.9 Å². The van der Waals surface area contributed by atoms with Crippen molar-refractivity contribution in [3.63, 3.8) is 0 Å². The molecule has 1 fully saturated rings. The highest BCUT2D eigenvalue weighted by Gasteiger charge is 2.57. The molecule has 1 aliphatic heterocycles. The first-order chi connectivity index (χ1) is 23.6. The summed E-state index contributed by atoms with van der Waals surface area (Å²) >= 11 is 0. The summed E-state index contributed by atoms with van der Waals surface area (Å²) in [5, 5.41) is 15.9. The van der Waals surface area contributed by atoms with Gasteiger partial charge in [0.25, 0.3) is 0 Å². The first-order valence-electron chi connectivity index (χ1n) is 19.8. The number of carboxylic acid groups (broad SMARTS) is 1.